The molecule has 0 spiro atoms. The lowest BCUT2D eigenvalue weighted by atomic mass is 9.78. The minimum Gasteiger partial charge on any atom is -0.409 e. The van der Waals surface area contributed by atoms with Gasteiger partial charge in [-0.25, -0.2) is 0 Å². The third-order valence-electron chi connectivity index (χ3n) is 3.83. The van der Waals surface area contributed by atoms with E-state index in [0.717, 1.165) is 32.2 Å². The van der Waals surface area contributed by atoms with Gasteiger partial charge >= 0.3 is 0 Å². The molecule has 0 heterocycles. The molecule has 0 bridgehead atoms. The molecule has 0 saturated heterocycles. The predicted molar refractivity (Wildman–Crippen MR) is 75.1 cm³/mol. The summed E-state index contributed by atoms with van der Waals surface area (Å²) in [5.41, 5.74) is 4.99. The van der Waals surface area contributed by atoms with E-state index in [0.29, 0.717) is 19.4 Å². The summed E-state index contributed by atoms with van der Waals surface area (Å²) < 4.78 is 0. The molecule has 6 heteroatoms. The predicted octanol–water partition coefficient (Wildman–Crippen LogP) is 0.751. The van der Waals surface area contributed by atoms with E-state index in [-0.39, 0.29) is 11.7 Å². The van der Waals surface area contributed by atoms with Crippen LogP contribution in [0.25, 0.3) is 0 Å². The number of nitrogens with one attached hydrogen (secondary N) is 1. The van der Waals surface area contributed by atoms with Gasteiger partial charge in [-0.2, -0.15) is 0 Å². The first-order chi connectivity index (χ1) is 9.03. The Hall–Kier alpha value is -1.30. The van der Waals surface area contributed by atoms with Gasteiger partial charge in [0.2, 0.25) is 5.91 Å². The van der Waals surface area contributed by atoms with Crippen LogP contribution in [-0.2, 0) is 4.79 Å². The van der Waals surface area contributed by atoms with Gasteiger partial charge in [0, 0.05) is 13.1 Å². The van der Waals surface area contributed by atoms with Gasteiger partial charge in [-0.1, -0.05) is 30.8 Å². The number of amides is 1. The Labute approximate surface area is 115 Å². The minimum absolute atomic E-state index is 0.0525. The highest BCUT2D eigenvalue weighted by Gasteiger charge is 2.42. The van der Waals surface area contributed by atoms with Gasteiger partial charge in [0.05, 0.1) is 0 Å². The summed E-state index contributed by atoms with van der Waals surface area (Å²) in [6.07, 6.45) is 5.42. The number of oxime groups is 1. The maximum absolute atomic E-state index is 12.5. The normalized spacial score (nSPS) is 20.1. The second-order valence-corrected chi connectivity index (χ2v) is 5.54. The molecule has 1 aliphatic carbocycles. The minimum atomic E-state index is -0.822. The van der Waals surface area contributed by atoms with E-state index in [1.54, 1.807) is 0 Å². The van der Waals surface area contributed by atoms with Crippen molar-refractivity contribution in [3.63, 3.8) is 0 Å². The molecule has 4 N–H and O–H groups in total. The maximum Gasteiger partial charge on any atom is 0.233 e. The molecule has 0 unspecified atom stereocenters. The van der Waals surface area contributed by atoms with Crippen LogP contribution in [0.15, 0.2) is 5.16 Å². The summed E-state index contributed by atoms with van der Waals surface area (Å²) in [7, 11) is 3.91. The van der Waals surface area contributed by atoms with E-state index < -0.39 is 5.41 Å². The summed E-state index contributed by atoms with van der Waals surface area (Å²) in [6.45, 7) is 1.35. The molecule has 0 atom stereocenters. The largest absolute Gasteiger partial charge is 0.409 e. The summed E-state index contributed by atoms with van der Waals surface area (Å²) in [5.74, 6) is -0.0525. The number of carbonyl (C=O) groups is 1. The quantitative estimate of drug-likeness (QED) is 0.226. The third-order valence-corrected chi connectivity index (χ3v) is 3.83. The van der Waals surface area contributed by atoms with Gasteiger partial charge in [0.15, 0.2) is 5.84 Å². The first-order valence-corrected chi connectivity index (χ1v) is 6.94. The standard InChI is InChI=1S/C13H26N4O2/c1-17(2)10-9-15-12(18)13(11(14)16-19)7-5-3-4-6-8-13/h19H,3-10H2,1-2H3,(H2,14,16)(H,15,18). The Balaban J connectivity index is 2.75. The highest BCUT2D eigenvalue weighted by Crippen LogP contribution is 2.35. The van der Waals surface area contributed by atoms with Crippen LogP contribution in [0.5, 0.6) is 0 Å². The number of hydrogen-bond acceptors (Lipinski definition) is 4. The fourth-order valence-corrected chi connectivity index (χ4v) is 2.59. The first-order valence-electron chi connectivity index (χ1n) is 6.94. The molecule has 0 radical (unpaired) electrons. The summed E-state index contributed by atoms with van der Waals surface area (Å²) in [6, 6.07) is 0. The number of hydrogen-bond donors (Lipinski definition) is 3. The van der Waals surface area contributed by atoms with Gasteiger partial charge in [-0.3, -0.25) is 4.79 Å². The fraction of sp³-hybridized carbons (Fsp3) is 0.846. The van der Waals surface area contributed by atoms with Gasteiger partial charge in [0.1, 0.15) is 5.41 Å². The average Bonchev–Trinajstić information content (AvgIpc) is 2.63. The summed E-state index contributed by atoms with van der Waals surface area (Å²) in [4.78, 5) is 14.5. The van der Waals surface area contributed by atoms with E-state index in [2.05, 4.69) is 10.5 Å². The third kappa shape index (κ3) is 4.09. The van der Waals surface area contributed by atoms with Crippen LogP contribution in [0.1, 0.15) is 38.5 Å². The SMILES string of the molecule is CN(C)CCNC(=O)C1(C(N)=NO)CCCCCC1. The van der Waals surface area contributed by atoms with Crippen LogP contribution in [0, 0.1) is 5.41 Å². The van der Waals surface area contributed by atoms with E-state index in [9.17, 15) is 4.79 Å². The van der Waals surface area contributed by atoms with Gasteiger partial charge in [-0.05, 0) is 26.9 Å². The van der Waals surface area contributed by atoms with Crippen LogP contribution in [-0.4, -0.2) is 49.0 Å². The monoisotopic (exact) mass is 270 g/mol. The van der Waals surface area contributed by atoms with Crippen molar-refractivity contribution in [3.8, 4) is 0 Å². The van der Waals surface area contributed by atoms with Crippen LogP contribution in [0.3, 0.4) is 0 Å². The Bertz CT molecular complexity index is 321. The van der Waals surface area contributed by atoms with Crippen molar-refractivity contribution in [2.75, 3.05) is 27.2 Å². The lowest BCUT2D eigenvalue weighted by Gasteiger charge is -2.30. The molecule has 6 nitrogen and oxygen atoms in total. The molecule has 0 aromatic rings. The van der Waals surface area contributed by atoms with Crippen molar-refractivity contribution in [3.05, 3.63) is 0 Å². The molecule has 1 rings (SSSR count). The number of likely N-dealkylation sites (N-methyl/N-ethyl adjacent to an activating group) is 1. The number of nitrogens with zero attached hydrogens (tertiary/aromatic N) is 2. The number of carbonyl (C=O) groups excluding carboxylic acids is 1. The van der Waals surface area contributed by atoms with Crippen LogP contribution in [0.4, 0.5) is 0 Å². The van der Waals surface area contributed by atoms with Gasteiger partial charge in [-0.15, -0.1) is 0 Å². The van der Waals surface area contributed by atoms with Crippen molar-refractivity contribution < 1.29 is 10.0 Å². The molecule has 19 heavy (non-hydrogen) atoms. The molecule has 1 amide bonds. The summed E-state index contributed by atoms with van der Waals surface area (Å²) >= 11 is 0. The topological polar surface area (TPSA) is 91.0 Å². The van der Waals surface area contributed by atoms with Crippen molar-refractivity contribution in [1.82, 2.24) is 10.2 Å². The van der Waals surface area contributed by atoms with E-state index in [1.165, 1.54) is 0 Å². The van der Waals surface area contributed by atoms with E-state index >= 15 is 0 Å². The molecule has 0 aromatic carbocycles. The zero-order valence-electron chi connectivity index (χ0n) is 12.0. The Morgan fingerprint density at radius 3 is 2.37 bits per heavy atom. The molecule has 1 saturated carbocycles. The van der Waals surface area contributed by atoms with E-state index in [4.69, 9.17) is 10.9 Å². The van der Waals surface area contributed by atoms with Crippen LogP contribution in [0.2, 0.25) is 0 Å². The molecule has 110 valence electrons. The smallest absolute Gasteiger partial charge is 0.233 e. The maximum atomic E-state index is 12.5. The summed E-state index contributed by atoms with van der Waals surface area (Å²) in [5, 5.41) is 15.0. The van der Waals surface area contributed by atoms with Crippen molar-refractivity contribution in [1.29, 1.82) is 0 Å². The van der Waals surface area contributed by atoms with Gasteiger partial charge in [0.25, 0.3) is 0 Å². The Morgan fingerprint density at radius 2 is 1.89 bits per heavy atom. The first kappa shape index (κ1) is 15.8. The molecule has 1 fully saturated rings. The molecule has 0 aromatic heterocycles. The zero-order valence-corrected chi connectivity index (χ0v) is 12.0. The lowest BCUT2D eigenvalue weighted by molar-refractivity contribution is -0.128. The highest BCUT2D eigenvalue weighted by atomic mass is 16.4. The van der Waals surface area contributed by atoms with E-state index in [1.807, 2.05) is 19.0 Å². The van der Waals surface area contributed by atoms with Crippen molar-refractivity contribution in [2.45, 2.75) is 38.5 Å². The fourth-order valence-electron chi connectivity index (χ4n) is 2.59. The Morgan fingerprint density at radius 1 is 1.32 bits per heavy atom. The van der Waals surface area contributed by atoms with Crippen LogP contribution < -0.4 is 11.1 Å². The highest BCUT2D eigenvalue weighted by molar-refractivity contribution is 6.06. The second kappa shape index (κ2) is 7.33. The molecule has 1 aliphatic rings. The Kier molecular flexibility index (Phi) is 6.08. The number of rotatable bonds is 5. The van der Waals surface area contributed by atoms with Crippen molar-refractivity contribution in [2.24, 2.45) is 16.3 Å². The average molecular weight is 270 g/mol. The van der Waals surface area contributed by atoms with Gasteiger partial charge < -0.3 is 21.2 Å². The second-order valence-electron chi connectivity index (χ2n) is 5.54. The number of nitrogens with two attached hydrogens (primary N) is 1. The molecular formula is C13H26N4O2. The zero-order chi connectivity index (χ0) is 14.3. The number of amidine groups is 1. The molecular weight excluding hydrogens is 244 g/mol. The van der Waals surface area contributed by atoms with Crippen molar-refractivity contribution >= 4 is 11.7 Å². The molecule has 0 aliphatic heterocycles. The van der Waals surface area contributed by atoms with Crippen LogP contribution >= 0.6 is 0 Å². The lowest BCUT2D eigenvalue weighted by Crippen LogP contribution is -2.50.